The van der Waals surface area contributed by atoms with Crippen molar-refractivity contribution in [3.05, 3.63) is 10.6 Å². The molecule has 1 saturated heterocycles. The highest BCUT2D eigenvalue weighted by Gasteiger charge is 2.19. The molecular formula is C14H23N3O2S. The molecule has 0 bridgehead atoms. The van der Waals surface area contributed by atoms with Crippen molar-refractivity contribution in [3.63, 3.8) is 0 Å². The predicted molar refractivity (Wildman–Crippen MR) is 81.5 cm³/mol. The molecule has 0 radical (unpaired) electrons. The molecule has 1 aliphatic rings. The van der Waals surface area contributed by atoms with Crippen LogP contribution in [0.1, 0.15) is 35.1 Å². The Kier molecular flexibility index (Phi) is 5.37. The number of carbonyl (C=O) groups excluding carboxylic acids is 1. The topological polar surface area (TPSA) is 54.5 Å². The maximum Gasteiger partial charge on any atom is 0.358 e. The predicted octanol–water partition coefficient (Wildman–Crippen LogP) is 2.38. The van der Waals surface area contributed by atoms with E-state index in [1.807, 2.05) is 6.92 Å². The minimum atomic E-state index is -0.327. The summed E-state index contributed by atoms with van der Waals surface area (Å²) in [5.41, 5.74) is 0.445. The van der Waals surface area contributed by atoms with Crippen molar-refractivity contribution in [1.29, 1.82) is 0 Å². The number of nitrogens with one attached hydrogen (secondary N) is 1. The molecule has 1 fully saturated rings. The maximum absolute atomic E-state index is 11.7. The number of ether oxygens (including phenoxy) is 1. The van der Waals surface area contributed by atoms with Gasteiger partial charge in [-0.1, -0.05) is 0 Å². The Morgan fingerprint density at radius 1 is 1.60 bits per heavy atom. The van der Waals surface area contributed by atoms with Crippen LogP contribution in [0.25, 0.3) is 0 Å². The number of rotatable bonds is 5. The van der Waals surface area contributed by atoms with Gasteiger partial charge in [-0.3, -0.25) is 0 Å². The summed E-state index contributed by atoms with van der Waals surface area (Å²) >= 11 is 1.52. The zero-order valence-corrected chi connectivity index (χ0v) is 13.3. The minimum absolute atomic E-state index is 0.327. The van der Waals surface area contributed by atoms with E-state index in [-0.39, 0.29) is 5.97 Å². The molecule has 6 heteroatoms. The second-order valence-electron chi connectivity index (χ2n) is 5.30. The second kappa shape index (κ2) is 7.04. The first-order valence-electron chi connectivity index (χ1n) is 7.17. The summed E-state index contributed by atoms with van der Waals surface area (Å²) in [6.45, 7) is 7.33. The van der Waals surface area contributed by atoms with Crippen molar-refractivity contribution < 1.29 is 9.53 Å². The average molecular weight is 297 g/mol. The first kappa shape index (κ1) is 15.3. The Morgan fingerprint density at radius 3 is 3.10 bits per heavy atom. The number of nitrogens with zero attached hydrogens (tertiary/aromatic N) is 2. The van der Waals surface area contributed by atoms with Gasteiger partial charge in [0.2, 0.25) is 0 Å². The van der Waals surface area contributed by atoms with Crippen LogP contribution in [0.3, 0.4) is 0 Å². The van der Waals surface area contributed by atoms with E-state index in [4.69, 9.17) is 4.74 Å². The molecule has 0 spiro atoms. The smallest absolute Gasteiger partial charge is 0.358 e. The Hall–Kier alpha value is -1.14. The van der Waals surface area contributed by atoms with E-state index in [0.29, 0.717) is 18.2 Å². The molecule has 0 aliphatic carbocycles. The molecule has 1 unspecified atom stereocenters. The van der Waals surface area contributed by atoms with Gasteiger partial charge < -0.3 is 15.0 Å². The molecule has 1 aliphatic heterocycles. The third kappa shape index (κ3) is 3.93. The highest BCUT2D eigenvalue weighted by atomic mass is 32.1. The van der Waals surface area contributed by atoms with Crippen LogP contribution in [0.2, 0.25) is 0 Å². The van der Waals surface area contributed by atoms with Crippen LogP contribution in [-0.2, 0) is 4.74 Å². The summed E-state index contributed by atoms with van der Waals surface area (Å²) in [7, 11) is 2.17. The first-order valence-corrected chi connectivity index (χ1v) is 7.98. The summed E-state index contributed by atoms with van der Waals surface area (Å²) in [4.78, 5) is 19.3. The monoisotopic (exact) mass is 297 g/mol. The van der Waals surface area contributed by atoms with Crippen LogP contribution >= 0.6 is 11.3 Å². The Labute approximate surface area is 124 Å². The quantitative estimate of drug-likeness (QED) is 0.846. The fourth-order valence-electron chi connectivity index (χ4n) is 2.53. The summed E-state index contributed by atoms with van der Waals surface area (Å²) < 4.78 is 5.00. The van der Waals surface area contributed by atoms with Crippen molar-refractivity contribution in [3.8, 4) is 0 Å². The highest BCUT2D eigenvalue weighted by Crippen LogP contribution is 2.24. The lowest BCUT2D eigenvalue weighted by Gasteiger charge is -2.29. The van der Waals surface area contributed by atoms with Gasteiger partial charge in [0.1, 0.15) is 0 Å². The lowest BCUT2D eigenvalue weighted by atomic mass is 9.99. The molecule has 1 atom stereocenters. The Bertz CT molecular complexity index is 461. The molecule has 0 saturated carbocycles. The zero-order valence-electron chi connectivity index (χ0n) is 12.4. The van der Waals surface area contributed by atoms with E-state index < -0.39 is 0 Å². The maximum atomic E-state index is 11.7. The van der Waals surface area contributed by atoms with Crippen molar-refractivity contribution in [2.24, 2.45) is 5.92 Å². The molecule has 2 heterocycles. The molecule has 1 aromatic rings. The number of anilines is 1. The average Bonchev–Trinajstić information content (AvgIpc) is 2.78. The number of esters is 1. The number of piperidine rings is 1. The van der Waals surface area contributed by atoms with Crippen molar-refractivity contribution in [2.45, 2.75) is 26.7 Å². The molecule has 1 N–H and O–H groups in total. The summed E-state index contributed by atoms with van der Waals surface area (Å²) in [5.74, 6) is 0.329. The molecule has 1 aromatic heterocycles. The number of aromatic nitrogens is 1. The summed E-state index contributed by atoms with van der Waals surface area (Å²) in [5, 5.41) is 4.18. The normalized spacial score (nSPS) is 19.9. The Balaban J connectivity index is 1.90. The summed E-state index contributed by atoms with van der Waals surface area (Å²) in [6.07, 6.45) is 2.51. The molecule has 5 nitrogen and oxygen atoms in total. The molecule has 0 aromatic carbocycles. The van der Waals surface area contributed by atoms with Crippen LogP contribution in [-0.4, -0.2) is 49.1 Å². The van der Waals surface area contributed by atoms with Crippen LogP contribution in [0.5, 0.6) is 0 Å². The number of carbonyl (C=O) groups is 1. The van der Waals surface area contributed by atoms with Crippen LogP contribution in [0, 0.1) is 12.8 Å². The first-order chi connectivity index (χ1) is 9.60. The third-order valence-corrected chi connectivity index (χ3v) is 4.46. The van der Waals surface area contributed by atoms with Gasteiger partial charge >= 0.3 is 5.97 Å². The second-order valence-corrected chi connectivity index (χ2v) is 6.50. The lowest BCUT2D eigenvalue weighted by molar-refractivity contribution is 0.0519. The minimum Gasteiger partial charge on any atom is -0.461 e. The SMILES string of the molecule is CCOC(=O)c1nc(NCC2CCCN(C)C2)sc1C. The van der Waals surface area contributed by atoms with E-state index in [2.05, 4.69) is 22.2 Å². The van der Waals surface area contributed by atoms with E-state index in [9.17, 15) is 4.79 Å². The van der Waals surface area contributed by atoms with Gasteiger partial charge in [-0.15, -0.1) is 11.3 Å². The van der Waals surface area contributed by atoms with E-state index in [0.717, 1.165) is 23.1 Å². The number of hydrogen-bond donors (Lipinski definition) is 1. The van der Waals surface area contributed by atoms with E-state index >= 15 is 0 Å². The van der Waals surface area contributed by atoms with E-state index in [1.54, 1.807) is 6.92 Å². The van der Waals surface area contributed by atoms with E-state index in [1.165, 1.54) is 30.7 Å². The molecule has 20 heavy (non-hydrogen) atoms. The largest absolute Gasteiger partial charge is 0.461 e. The number of thiazole rings is 1. The van der Waals surface area contributed by atoms with Crippen molar-refractivity contribution in [2.75, 3.05) is 38.6 Å². The number of aryl methyl sites for hydroxylation is 1. The van der Waals surface area contributed by atoms with Crippen LogP contribution in [0.4, 0.5) is 5.13 Å². The van der Waals surface area contributed by atoms with Gasteiger partial charge in [0.05, 0.1) is 6.61 Å². The number of likely N-dealkylation sites (tertiary alicyclic amines) is 1. The fraction of sp³-hybridized carbons (Fsp3) is 0.714. The van der Waals surface area contributed by atoms with Crippen LogP contribution in [0.15, 0.2) is 0 Å². The highest BCUT2D eigenvalue weighted by molar-refractivity contribution is 7.15. The van der Waals surface area contributed by atoms with Gasteiger partial charge in [0.15, 0.2) is 10.8 Å². The standard InChI is InChI=1S/C14H23N3O2S/c1-4-19-13(18)12-10(2)20-14(16-12)15-8-11-6-5-7-17(3)9-11/h11H,4-9H2,1-3H3,(H,15,16). The van der Waals surface area contributed by atoms with Gasteiger partial charge in [-0.25, -0.2) is 9.78 Å². The molecule has 0 amide bonds. The number of hydrogen-bond acceptors (Lipinski definition) is 6. The van der Waals surface area contributed by atoms with Crippen molar-refractivity contribution >= 4 is 22.4 Å². The third-order valence-electron chi connectivity index (χ3n) is 3.53. The van der Waals surface area contributed by atoms with Gasteiger partial charge in [0, 0.05) is 18.0 Å². The Morgan fingerprint density at radius 2 is 2.40 bits per heavy atom. The van der Waals surface area contributed by atoms with Gasteiger partial charge in [-0.2, -0.15) is 0 Å². The summed E-state index contributed by atoms with van der Waals surface area (Å²) in [6, 6.07) is 0. The lowest BCUT2D eigenvalue weighted by Crippen LogP contribution is -2.35. The van der Waals surface area contributed by atoms with Gasteiger partial charge in [0.25, 0.3) is 0 Å². The molecular weight excluding hydrogens is 274 g/mol. The van der Waals surface area contributed by atoms with Gasteiger partial charge in [-0.05, 0) is 46.2 Å². The zero-order chi connectivity index (χ0) is 14.5. The molecule has 112 valence electrons. The fourth-order valence-corrected chi connectivity index (χ4v) is 3.34. The van der Waals surface area contributed by atoms with Crippen LogP contribution < -0.4 is 5.32 Å². The molecule has 2 rings (SSSR count). The van der Waals surface area contributed by atoms with Crippen molar-refractivity contribution in [1.82, 2.24) is 9.88 Å².